The number of thioether (sulfide) groups is 2. The molecule has 1 saturated heterocycles. The molecule has 0 N–H and O–H groups in total. The highest BCUT2D eigenvalue weighted by molar-refractivity contribution is 8.26. The lowest BCUT2D eigenvalue weighted by Gasteiger charge is -2.14. The van der Waals surface area contributed by atoms with E-state index in [2.05, 4.69) is 4.98 Å². The third-order valence-corrected chi connectivity index (χ3v) is 7.62. The van der Waals surface area contributed by atoms with Crippen molar-refractivity contribution in [2.24, 2.45) is 0 Å². The molecule has 1 fully saturated rings. The zero-order valence-corrected chi connectivity index (χ0v) is 20.4. The number of benzene rings is 2. The maximum absolute atomic E-state index is 13.4. The average Bonchev–Trinajstić information content (AvgIpc) is 3.56. The number of imidazole rings is 1. The Kier molecular flexibility index (Phi) is 6.66. The molecular weight excluding hydrogens is 486 g/mol. The highest BCUT2D eigenvalue weighted by Gasteiger charge is 2.32. The number of amides is 1. The van der Waals surface area contributed by atoms with Gasteiger partial charge in [-0.2, -0.15) is 0 Å². The van der Waals surface area contributed by atoms with Crippen LogP contribution in [0.25, 0.3) is 17.1 Å². The molecule has 0 atom stereocenters. The van der Waals surface area contributed by atoms with E-state index in [9.17, 15) is 9.59 Å². The Morgan fingerprint density at radius 1 is 1.09 bits per heavy atom. The Morgan fingerprint density at radius 3 is 2.68 bits per heavy atom. The molecule has 0 saturated carbocycles. The largest absolute Gasteiger partial charge is 0.465 e. The fourth-order valence-electron chi connectivity index (χ4n) is 3.58. The van der Waals surface area contributed by atoms with Gasteiger partial charge in [-0.1, -0.05) is 78.2 Å². The summed E-state index contributed by atoms with van der Waals surface area (Å²) in [4.78, 5) is 32.9. The van der Waals surface area contributed by atoms with Gasteiger partial charge in [-0.3, -0.25) is 19.1 Å². The fourth-order valence-corrected chi connectivity index (χ4v) is 5.85. The molecule has 3 heterocycles. The van der Waals surface area contributed by atoms with Crippen molar-refractivity contribution in [3.63, 3.8) is 0 Å². The molecule has 0 bridgehead atoms. The number of hydrogen-bond acceptors (Lipinski definition) is 7. The molecule has 6 nitrogen and oxygen atoms in total. The third kappa shape index (κ3) is 4.72. The molecule has 2 aromatic carbocycles. The molecule has 34 heavy (non-hydrogen) atoms. The van der Waals surface area contributed by atoms with E-state index in [0.29, 0.717) is 25.9 Å². The van der Waals surface area contributed by atoms with Gasteiger partial charge >= 0.3 is 0 Å². The molecule has 0 unspecified atom stereocenters. The number of carbonyl (C=O) groups excluding carboxylic acids is 2. The summed E-state index contributed by atoms with van der Waals surface area (Å²) in [6, 6.07) is 21.2. The van der Waals surface area contributed by atoms with E-state index in [1.165, 1.54) is 28.4 Å². The first-order chi connectivity index (χ1) is 16.6. The van der Waals surface area contributed by atoms with Crippen LogP contribution in [-0.4, -0.2) is 37.1 Å². The summed E-state index contributed by atoms with van der Waals surface area (Å²) >= 11 is 8.13. The van der Waals surface area contributed by atoms with Gasteiger partial charge in [0.25, 0.3) is 5.91 Å². The fraction of sp³-hybridized carbons (Fsp3) is 0.120. The van der Waals surface area contributed by atoms with Crippen LogP contribution in [0.3, 0.4) is 0 Å². The van der Waals surface area contributed by atoms with Gasteiger partial charge in [0.2, 0.25) is 5.91 Å². The van der Waals surface area contributed by atoms with E-state index in [0.717, 1.165) is 16.6 Å². The smallest absolute Gasteiger partial charge is 0.266 e. The summed E-state index contributed by atoms with van der Waals surface area (Å²) in [5.41, 5.74) is 2.67. The average molecular weight is 506 g/mol. The second kappa shape index (κ2) is 10.0. The minimum absolute atomic E-state index is 0.125. The molecule has 4 aromatic rings. The first-order valence-corrected chi connectivity index (χ1v) is 12.8. The van der Waals surface area contributed by atoms with Crippen molar-refractivity contribution in [1.82, 2.24) is 14.5 Å². The molecule has 170 valence electrons. The number of para-hydroxylation sites is 2. The number of thiocarbonyl (C=S) groups is 1. The van der Waals surface area contributed by atoms with Crippen molar-refractivity contribution >= 4 is 69.0 Å². The van der Waals surface area contributed by atoms with Crippen LogP contribution < -0.4 is 0 Å². The van der Waals surface area contributed by atoms with Crippen LogP contribution in [0.1, 0.15) is 22.5 Å². The second-order valence-corrected chi connectivity index (χ2v) is 10.1. The van der Waals surface area contributed by atoms with E-state index in [4.69, 9.17) is 16.6 Å². The molecule has 5 rings (SSSR count). The van der Waals surface area contributed by atoms with Gasteiger partial charge in [-0.05, 0) is 29.8 Å². The minimum atomic E-state index is -0.214. The van der Waals surface area contributed by atoms with E-state index in [-0.39, 0.29) is 24.8 Å². The quantitative estimate of drug-likeness (QED) is 0.177. The number of furan rings is 1. The Morgan fingerprint density at radius 2 is 1.88 bits per heavy atom. The van der Waals surface area contributed by atoms with Crippen LogP contribution in [-0.2, 0) is 10.5 Å². The number of rotatable bonds is 7. The molecule has 1 amide bonds. The van der Waals surface area contributed by atoms with Crippen LogP contribution in [0.2, 0.25) is 0 Å². The number of hydrogen-bond donors (Lipinski definition) is 0. The van der Waals surface area contributed by atoms with Crippen molar-refractivity contribution in [3.8, 4) is 0 Å². The molecule has 1 aliphatic heterocycles. The summed E-state index contributed by atoms with van der Waals surface area (Å²) in [5, 5.41) is 0.637. The summed E-state index contributed by atoms with van der Waals surface area (Å²) in [7, 11) is 0. The van der Waals surface area contributed by atoms with E-state index < -0.39 is 0 Å². The van der Waals surface area contributed by atoms with Gasteiger partial charge in [0.05, 0.1) is 22.2 Å². The number of aromatic nitrogens is 2. The lowest BCUT2D eigenvalue weighted by atomic mass is 10.2. The summed E-state index contributed by atoms with van der Waals surface area (Å²) < 4.78 is 7.39. The second-order valence-electron chi connectivity index (χ2n) is 7.49. The van der Waals surface area contributed by atoms with E-state index in [1.807, 2.05) is 54.6 Å². The van der Waals surface area contributed by atoms with E-state index >= 15 is 0 Å². The first kappa shape index (κ1) is 22.6. The Bertz CT molecular complexity index is 1390. The van der Waals surface area contributed by atoms with Crippen molar-refractivity contribution in [1.29, 1.82) is 0 Å². The molecule has 1 aliphatic rings. The molecular formula is C25H19N3O3S3. The number of nitrogens with zero attached hydrogens (tertiary/aromatic N) is 3. The lowest BCUT2D eigenvalue weighted by molar-refractivity contribution is -0.122. The standard InChI is InChI=1S/C25H19N3O3S3/c29-22(12-13-27-23(30)21(34-25(27)32)15-18-9-6-14-31-18)28-20-11-5-4-10-19(20)26-24(28)33-16-17-7-2-1-3-8-17/h1-11,14-15H,12-13,16H2. The monoisotopic (exact) mass is 505 g/mol. The zero-order chi connectivity index (χ0) is 23.5. The molecule has 0 radical (unpaired) electrons. The molecule has 9 heteroatoms. The first-order valence-electron chi connectivity index (χ1n) is 10.6. The third-order valence-electron chi connectivity index (χ3n) is 5.23. The predicted octanol–water partition coefficient (Wildman–Crippen LogP) is 5.85. The van der Waals surface area contributed by atoms with Gasteiger partial charge in [0.1, 0.15) is 10.1 Å². The summed E-state index contributed by atoms with van der Waals surface area (Å²) in [6.07, 6.45) is 3.34. The predicted molar refractivity (Wildman–Crippen MR) is 140 cm³/mol. The van der Waals surface area contributed by atoms with Crippen LogP contribution in [0, 0.1) is 0 Å². The van der Waals surface area contributed by atoms with Gasteiger partial charge in [0, 0.05) is 24.8 Å². The maximum atomic E-state index is 13.4. The van der Waals surface area contributed by atoms with Gasteiger partial charge in [0.15, 0.2) is 5.16 Å². The minimum Gasteiger partial charge on any atom is -0.465 e. The highest BCUT2D eigenvalue weighted by atomic mass is 32.2. The van der Waals surface area contributed by atoms with E-state index in [1.54, 1.807) is 29.0 Å². The van der Waals surface area contributed by atoms with Crippen molar-refractivity contribution in [2.45, 2.75) is 17.3 Å². The number of fused-ring (bicyclic) bond motifs is 1. The summed E-state index contributed by atoms with van der Waals surface area (Å²) in [6.45, 7) is 0.203. The SMILES string of the molecule is O=C1C(=Cc2ccco2)SC(=S)N1CCC(=O)n1c(SCc2ccccc2)nc2ccccc21. The van der Waals surface area contributed by atoms with Crippen molar-refractivity contribution < 1.29 is 14.0 Å². The molecule has 2 aromatic heterocycles. The van der Waals surface area contributed by atoms with Crippen molar-refractivity contribution in [2.75, 3.05) is 6.54 Å². The van der Waals surface area contributed by atoms with Crippen LogP contribution in [0.4, 0.5) is 0 Å². The van der Waals surface area contributed by atoms with Gasteiger partial charge < -0.3 is 4.42 Å². The zero-order valence-electron chi connectivity index (χ0n) is 17.9. The number of carbonyl (C=O) groups is 2. The van der Waals surface area contributed by atoms with Crippen molar-refractivity contribution in [3.05, 3.63) is 89.2 Å². The topological polar surface area (TPSA) is 68.3 Å². The lowest BCUT2D eigenvalue weighted by Crippen LogP contribution is -2.31. The maximum Gasteiger partial charge on any atom is 0.266 e. The Labute approximate surface area is 210 Å². The van der Waals surface area contributed by atoms with Gasteiger partial charge in [-0.25, -0.2) is 4.98 Å². The van der Waals surface area contributed by atoms with Crippen LogP contribution >= 0.6 is 35.7 Å². The molecule has 0 spiro atoms. The Balaban J connectivity index is 1.33. The highest BCUT2D eigenvalue weighted by Crippen LogP contribution is 2.33. The van der Waals surface area contributed by atoms with Crippen LogP contribution in [0.15, 0.2) is 87.5 Å². The normalized spacial score (nSPS) is 15.1. The van der Waals surface area contributed by atoms with Gasteiger partial charge in [-0.15, -0.1) is 0 Å². The van der Waals surface area contributed by atoms with Crippen LogP contribution in [0.5, 0.6) is 0 Å². The Hall–Kier alpha value is -3.14. The molecule has 0 aliphatic carbocycles. The summed E-state index contributed by atoms with van der Waals surface area (Å²) in [5.74, 6) is 0.937.